The van der Waals surface area contributed by atoms with E-state index in [0.29, 0.717) is 36.3 Å². The van der Waals surface area contributed by atoms with Crippen LogP contribution in [0.5, 0.6) is 0 Å². The normalized spacial score (nSPS) is 19.2. The van der Waals surface area contributed by atoms with Crippen LogP contribution in [0.2, 0.25) is 0 Å². The van der Waals surface area contributed by atoms with Crippen LogP contribution in [0.3, 0.4) is 0 Å². The minimum Gasteiger partial charge on any atom is -0.344 e. The van der Waals surface area contributed by atoms with Crippen molar-refractivity contribution in [3.8, 4) is 0 Å². The smallest absolute Gasteiger partial charge is 0.330 e. The van der Waals surface area contributed by atoms with E-state index in [1.54, 1.807) is 4.57 Å². The van der Waals surface area contributed by atoms with Gasteiger partial charge >= 0.3 is 5.69 Å². The second kappa shape index (κ2) is 7.48. The van der Waals surface area contributed by atoms with Gasteiger partial charge in [0.1, 0.15) is 5.82 Å². The third-order valence-corrected chi connectivity index (χ3v) is 6.32. The van der Waals surface area contributed by atoms with Crippen LogP contribution in [0.15, 0.2) is 81.5 Å². The van der Waals surface area contributed by atoms with E-state index >= 15 is 0 Å². The summed E-state index contributed by atoms with van der Waals surface area (Å²) >= 11 is 0. The molecule has 0 amide bonds. The number of aromatic amines is 1. The van der Waals surface area contributed by atoms with Crippen LogP contribution in [-0.4, -0.2) is 15.3 Å². The predicted molar refractivity (Wildman–Crippen MR) is 124 cm³/mol. The molecule has 6 nitrogen and oxygen atoms in total. The number of fused-ring (bicyclic) bond motifs is 1. The maximum Gasteiger partial charge on any atom is 0.330 e. The van der Waals surface area contributed by atoms with Gasteiger partial charge in [0.05, 0.1) is 12.1 Å². The molecule has 0 radical (unpaired) electrons. The summed E-state index contributed by atoms with van der Waals surface area (Å²) in [6.07, 6.45) is 1.09. The Morgan fingerprint density at radius 2 is 1.59 bits per heavy atom. The number of Topliss-reactive ketones (excluding diaryl/α,β-unsaturated/α-hetero) is 1. The highest BCUT2D eigenvalue weighted by Crippen LogP contribution is 2.47. The zero-order valence-electron chi connectivity index (χ0n) is 18.1. The van der Waals surface area contributed by atoms with Crippen LogP contribution in [0, 0.1) is 5.41 Å². The number of hydrogen-bond donors (Lipinski definition) is 2. The minimum atomic E-state index is -0.516. The van der Waals surface area contributed by atoms with E-state index in [1.807, 2.05) is 60.7 Å². The molecular formula is C26H25N3O3. The Balaban J connectivity index is 1.77. The lowest BCUT2D eigenvalue weighted by Gasteiger charge is -2.39. The second-order valence-electron chi connectivity index (χ2n) is 9.40. The van der Waals surface area contributed by atoms with Gasteiger partial charge in [-0.3, -0.25) is 19.1 Å². The molecule has 32 heavy (non-hydrogen) atoms. The molecule has 1 atom stereocenters. The van der Waals surface area contributed by atoms with Crippen molar-refractivity contribution in [1.82, 2.24) is 9.55 Å². The van der Waals surface area contributed by atoms with Crippen molar-refractivity contribution in [2.24, 2.45) is 5.41 Å². The fraction of sp³-hybridized carbons (Fsp3) is 0.269. The van der Waals surface area contributed by atoms with E-state index in [0.717, 1.165) is 16.8 Å². The van der Waals surface area contributed by atoms with Gasteiger partial charge < -0.3 is 5.32 Å². The summed E-state index contributed by atoms with van der Waals surface area (Å²) in [7, 11) is 0. The first kappa shape index (κ1) is 20.2. The number of rotatable bonds is 3. The van der Waals surface area contributed by atoms with Crippen LogP contribution in [0.25, 0.3) is 0 Å². The average Bonchev–Trinajstić information content (AvgIpc) is 2.75. The molecule has 0 fully saturated rings. The number of allylic oxidation sites excluding steroid dienone is 2. The minimum absolute atomic E-state index is 0.0449. The van der Waals surface area contributed by atoms with Gasteiger partial charge in [-0.1, -0.05) is 74.5 Å². The molecule has 2 N–H and O–H groups in total. The van der Waals surface area contributed by atoms with Crippen LogP contribution in [0.4, 0.5) is 5.82 Å². The quantitative estimate of drug-likeness (QED) is 0.666. The first-order valence-corrected chi connectivity index (χ1v) is 10.8. The average molecular weight is 428 g/mol. The largest absolute Gasteiger partial charge is 0.344 e. The van der Waals surface area contributed by atoms with Crippen molar-refractivity contribution in [3.05, 3.63) is 109 Å². The lowest BCUT2D eigenvalue weighted by Crippen LogP contribution is -2.42. The number of nitrogens with one attached hydrogen (secondary N) is 2. The Bertz CT molecular complexity index is 1350. The van der Waals surface area contributed by atoms with Crippen molar-refractivity contribution < 1.29 is 4.79 Å². The molecule has 3 aromatic rings. The first-order valence-electron chi connectivity index (χ1n) is 10.8. The third-order valence-electron chi connectivity index (χ3n) is 6.32. The van der Waals surface area contributed by atoms with Gasteiger partial charge in [-0.2, -0.15) is 0 Å². The van der Waals surface area contributed by atoms with Gasteiger partial charge in [-0.25, -0.2) is 4.79 Å². The summed E-state index contributed by atoms with van der Waals surface area (Å²) < 4.78 is 1.57. The molecule has 5 rings (SSSR count). The number of carbonyl (C=O) groups is 1. The number of anilines is 1. The molecule has 162 valence electrons. The molecule has 2 aliphatic rings. The SMILES string of the molecule is CC1(C)CC(=O)C2=C(C1)Nc1c(c(=O)[nH]c(=O)n1Cc1ccccc1)[C@@H]2c1ccccc1. The molecule has 2 aromatic carbocycles. The predicted octanol–water partition coefficient (Wildman–Crippen LogP) is 3.79. The zero-order valence-corrected chi connectivity index (χ0v) is 18.1. The molecule has 6 heteroatoms. The number of carbonyl (C=O) groups excluding carboxylic acids is 1. The molecule has 2 heterocycles. The molecule has 1 aromatic heterocycles. The molecule has 0 spiro atoms. The molecule has 0 unspecified atom stereocenters. The molecule has 0 saturated carbocycles. The number of H-pyrrole nitrogens is 1. The third kappa shape index (κ3) is 3.42. The summed E-state index contributed by atoms with van der Waals surface area (Å²) in [4.78, 5) is 41.8. The maximum atomic E-state index is 13.3. The number of nitrogens with zero attached hydrogens (tertiary/aromatic N) is 1. The zero-order chi connectivity index (χ0) is 22.5. The van der Waals surface area contributed by atoms with Gasteiger partial charge in [0.25, 0.3) is 5.56 Å². The van der Waals surface area contributed by atoms with Crippen molar-refractivity contribution in [2.75, 3.05) is 5.32 Å². The Hall–Kier alpha value is -3.67. The van der Waals surface area contributed by atoms with Gasteiger partial charge in [-0.15, -0.1) is 0 Å². The van der Waals surface area contributed by atoms with Crippen molar-refractivity contribution >= 4 is 11.6 Å². The highest BCUT2D eigenvalue weighted by atomic mass is 16.2. The molecule has 1 aliphatic heterocycles. The van der Waals surface area contributed by atoms with Gasteiger partial charge in [0.2, 0.25) is 0 Å². The number of hydrogen-bond acceptors (Lipinski definition) is 4. The van der Waals surface area contributed by atoms with Crippen molar-refractivity contribution in [3.63, 3.8) is 0 Å². The van der Waals surface area contributed by atoms with Crippen molar-refractivity contribution in [1.29, 1.82) is 0 Å². The number of ketones is 1. The van der Waals surface area contributed by atoms with Crippen LogP contribution < -0.4 is 16.6 Å². The summed E-state index contributed by atoms with van der Waals surface area (Å²) in [5.74, 6) is 0.00147. The Morgan fingerprint density at radius 1 is 0.938 bits per heavy atom. The number of benzene rings is 2. The Kier molecular flexibility index (Phi) is 4.73. The lowest BCUT2D eigenvalue weighted by molar-refractivity contribution is -0.118. The monoisotopic (exact) mass is 427 g/mol. The van der Waals surface area contributed by atoms with Crippen LogP contribution in [0.1, 0.15) is 49.3 Å². The highest BCUT2D eigenvalue weighted by Gasteiger charge is 2.42. The van der Waals surface area contributed by atoms with Crippen LogP contribution >= 0.6 is 0 Å². The van der Waals surface area contributed by atoms with Crippen molar-refractivity contribution in [2.45, 2.75) is 39.2 Å². The van der Waals surface area contributed by atoms with E-state index in [2.05, 4.69) is 24.1 Å². The molecular weight excluding hydrogens is 402 g/mol. The standard InChI is InChI=1S/C26H25N3O3/c1-26(2)13-18-21(19(30)14-26)20(17-11-7-4-8-12-17)22-23(27-18)29(25(32)28-24(22)31)15-16-9-5-3-6-10-16/h3-12,20,27H,13-15H2,1-2H3,(H,28,31,32)/t20-/m1/s1. The molecule has 0 saturated heterocycles. The van der Waals surface area contributed by atoms with E-state index < -0.39 is 17.2 Å². The van der Waals surface area contributed by atoms with E-state index in [-0.39, 0.29) is 11.2 Å². The summed E-state index contributed by atoms with van der Waals surface area (Å²) in [5, 5.41) is 3.36. The van der Waals surface area contributed by atoms with E-state index in [1.165, 1.54) is 0 Å². The summed E-state index contributed by atoms with van der Waals surface area (Å²) in [6.45, 7) is 4.45. The fourth-order valence-corrected chi connectivity index (χ4v) is 4.95. The summed E-state index contributed by atoms with van der Waals surface area (Å²) in [5.41, 5.74) is 2.54. The maximum absolute atomic E-state index is 13.3. The molecule has 0 bridgehead atoms. The summed E-state index contributed by atoms with van der Waals surface area (Å²) in [6, 6.07) is 19.2. The highest BCUT2D eigenvalue weighted by molar-refractivity contribution is 6.01. The van der Waals surface area contributed by atoms with Crippen LogP contribution in [-0.2, 0) is 11.3 Å². The first-order chi connectivity index (χ1) is 15.3. The Morgan fingerprint density at radius 3 is 2.28 bits per heavy atom. The van der Waals surface area contributed by atoms with Gasteiger partial charge in [0, 0.05) is 23.6 Å². The Labute approximate surface area is 185 Å². The van der Waals surface area contributed by atoms with Gasteiger partial charge in [0.15, 0.2) is 5.78 Å². The lowest BCUT2D eigenvalue weighted by atomic mass is 9.69. The topological polar surface area (TPSA) is 84.0 Å². The van der Waals surface area contributed by atoms with E-state index in [9.17, 15) is 14.4 Å². The van der Waals surface area contributed by atoms with Gasteiger partial charge in [-0.05, 0) is 23.0 Å². The number of aromatic nitrogens is 2. The fourth-order valence-electron chi connectivity index (χ4n) is 4.95. The molecule has 1 aliphatic carbocycles. The van der Waals surface area contributed by atoms with E-state index in [4.69, 9.17) is 0 Å². The second-order valence-corrected chi connectivity index (χ2v) is 9.40.